The lowest BCUT2D eigenvalue weighted by Crippen LogP contribution is -2.50. The van der Waals surface area contributed by atoms with Crippen molar-refractivity contribution in [3.05, 3.63) is 38.7 Å². The lowest BCUT2D eigenvalue weighted by molar-refractivity contribution is -0.384. The average Bonchev–Trinajstić information content (AvgIpc) is 2.70. The highest BCUT2D eigenvalue weighted by Gasteiger charge is 2.34. The Morgan fingerprint density at radius 2 is 2.27 bits per heavy atom. The number of alkyl halides is 1. The lowest BCUT2D eigenvalue weighted by atomic mass is 10.0. The van der Waals surface area contributed by atoms with Gasteiger partial charge in [0.2, 0.25) is 0 Å². The summed E-state index contributed by atoms with van der Waals surface area (Å²) in [5, 5.41) is 14.7. The van der Waals surface area contributed by atoms with Gasteiger partial charge in [-0.15, -0.1) is 0 Å². The van der Waals surface area contributed by atoms with Crippen molar-refractivity contribution in [1.82, 2.24) is 9.88 Å². The number of fused-ring (bicyclic) bond motifs is 1. The number of hydrogen-bond donors (Lipinski definition) is 1. The van der Waals surface area contributed by atoms with Gasteiger partial charge in [0.15, 0.2) is 0 Å². The second-order valence-electron chi connectivity index (χ2n) is 7.03. The van der Waals surface area contributed by atoms with Gasteiger partial charge in [-0.3, -0.25) is 10.1 Å². The summed E-state index contributed by atoms with van der Waals surface area (Å²) in [5.41, 5.74) is -0.0666. The van der Waals surface area contributed by atoms with Gasteiger partial charge in [-0.25, -0.2) is 18.6 Å². The third-order valence-electron chi connectivity index (χ3n) is 4.94. The predicted octanol–water partition coefficient (Wildman–Crippen LogP) is 4.81. The minimum Gasteiger partial charge on any atom is -0.449 e. The third kappa shape index (κ3) is 4.77. The SMILES string of the molecule is CCCCOC(=O)N1CCC(Nc2c([N+](=O)[O-])cnc3cc(F)c(Br)cc23)C(F)C1. The van der Waals surface area contributed by atoms with Gasteiger partial charge in [-0.1, -0.05) is 13.3 Å². The maximum absolute atomic E-state index is 14.8. The minimum absolute atomic E-state index is 0.0670. The van der Waals surface area contributed by atoms with E-state index >= 15 is 0 Å². The van der Waals surface area contributed by atoms with Crippen molar-refractivity contribution in [3.63, 3.8) is 0 Å². The van der Waals surface area contributed by atoms with Crippen molar-refractivity contribution in [1.29, 1.82) is 0 Å². The molecule has 11 heteroatoms. The summed E-state index contributed by atoms with van der Waals surface area (Å²) in [6.07, 6.45) is 0.828. The van der Waals surface area contributed by atoms with Crippen molar-refractivity contribution in [2.75, 3.05) is 25.0 Å². The summed E-state index contributed by atoms with van der Waals surface area (Å²) in [5.74, 6) is -0.562. The molecule has 2 heterocycles. The maximum atomic E-state index is 14.8. The van der Waals surface area contributed by atoms with E-state index in [-0.39, 0.29) is 47.5 Å². The summed E-state index contributed by atoms with van der Waals surface area (Å²) in [7, 11) is 0. The molecular formula is C19H21BrF2N4O4. The van der Waals surface area contributed by atoms with Crippen LogP contribution in [0.3, 0.4) is 0 Å². The van der Waals surface area contributed by atoms with Gasteiger partial charge in [-0.05, 0) is 34.8 Å². The molecule has 0 bridgehead atoms. The predicted molar refractivity (Wildman–Crippen MR) is 111 cm³/mol. The highest BCUT2D eigenvalue weighted by atomic mass is 79.9. The Morgan fingerprint density at radius 3 is 2.93 bits per heavy atom. The minimum atomic E-state index is -1.47. The first-order valence-electron chi connectivity index (χ1n) is 9.56. The molecule has 2 aromatic rings. The first-order chi connectivity index (χ1) is 14.3. The van der Waals surface area contributed by atoms with Crippen LogP contribution in [0.4, 0.5) is 25.0 Å². The molecule has 0 saturated carbocycles. The van der Waals surface area contributed by atoms with E-state index in [4.69, 9.17) is 4.74 Å². The molecule has 30 heavy (non-hydrogen) atoms. The van der Waals surface area contributed by atoms with Gasteiger partial charge in [0.25, 0.3) is 0 Å². The number of nitrogens with one attached hydrogen (secondary N) is 1. The maximum Gasteiger partial charge on any atom is 0.409 e. The number of amides is 1. The zero-order valence-corrected chi connectivity index (χ0v) is 17.8. The summed E-state index contributed by atoms with van der Waals surface area (Å²) in [6, 6.07) is 1.76. The Balaban J connectivity index is 1.81. The smallest absolute Gasteiger partial charge is 0.409 e. The molecule has 1 aliphatic rings. The van der Waals surface area contributed by atoms with Crippen LogP contribution in [0.1, 0.15) is 26.2 Å². The van der Waals surface area contributed by atoms with E-state index < -0.39 is 29.0 Å². The number of nitrogens with zero attached hydrogens (tertiary/aromatic N) is 3. The van der Waals surface area contributed by atoms with Crippen molar-refractivity contribution >= 4 is 44.3 Å². The van der Waals surface area contributed by atoms with E-state index in [1.807, 2.05) is 6.92 Å². The monoisotopic (exact) mass is 486 g/mol. The van der Waals surface area contributed by atoms with E-state index in [2.05, 4.69) is 26.2 Å². The van der Waals surface area contributed by atoms with Crippen LogP contribution in [0, 0.1) is 15.9 Å². The van der Waals surface area contributed by atoms with Gasteiger partial charge in [0.1, 0.15) is 23.9 Å². The number of benzene rings is 1. The molecule has 1 aromatic heterocycles. The average molecular weight is 487 g/mol. The summed E-state index contributed by atoms with van der Waals surface area (Å²) in [6.45, 7) is 2.32. The summed E-state index contributed by atoms with van der Waals surface area (Å²) < 4.78 is 33.9. The molecule has 1 saturated heterocycles. The molecule has 1 amide bonds. The third-order valence-corrected chi connectivity index (χ3v) is 5.55. The number of hydrogen-bond acceptors (Lipinski definition) is 6. The highest BCUT2D eigenvalue weighted by Crippen LogP contribution is 2.36. The molecule has 1 fully saturated rings. The van der Waals surface area contributed by atoms with Crippen molar-refractivity contribution < 1.29 is 23.2 Å². The normalized spacial score (nSPS) is 19.0. The van der Waals surface area contributed by atoms with Crippen LogP contribution in [0.5, 0.6) is 0 Å². The van der Waals surface area contributed by atoms with Crippen molar-refractivity contribution in [2.45, 2.75) is 38.4 Å². The van der Waals surface area contributed by atoms with Crippen molar-refractivity contribution in [3.8, 4) is 0 Å². The molecule has 3 rings (SSSR count). The lowest BCUT2D eigenvalue weighted by Gasteiger charge is -2.34. The number of likely N-dealkylation sites (tertiary alicyclic amines) is 1. The van der Waals surface area contributed by atoms with Crippen LogP contribution < -0.4 is 5.32 Å². The molecule has 0 aliphatic carbocycles. The van der Waals surface area contributed by atoms with Crippen LogP contribution >= 0.6 is 15.9 Å². The first kappa shape index (κ1) is 22.1. The Morgan fingerprint density at radius 1 is 1.50 bits per heavy atom. The van der Waals surface area contributed by atoms with Gasteiger partial charge >= 0.3 is 11.8 Å². The number of halogens is 3. The highest BCUT2D eigenvalue weighted by molar-refractivity contribution is 9.10. The van der Waals surface area contributed by atoms with E-state index in [9.17, 15) is 23.7 Å². The van der Waals surface area contributed by atoms with Crippen LogP contribution in [0.15, 0.2) is 22.8 Å². The van der Waals surface area contributed by atoms with Gasteiger partial charge < -0.3 is 15.0 Å². The van der Waals surface area contributed by atoms with Crippen LogP contribution in [-0.4, -0.2) is 52.8 Å². The summed E-state index contributed by atoms with van der Waals surface area (Å²) in [4.78, 5) is 28.1. The summed E-state index contributed by atoms with van der Waals surface area (Å²) >= 11 is 3.07. The van der Waals surface area contributed by atoms with Gasteiger partial charge in [0, 0.05) is 18.0 Å². The van der Waals surface area contributed by atoms with Crippen molar-refractivity contribution in [2.24, 2.45) is 0 Å². The molecule has 162 valence electrons. The molecular weight excluding hydrogens is 466 g/mol. The molecule has 1 N–H and O–H groups in total. The van der Waals surface area contributed by atoms with E-state index in [1.54, 1.807) is 0 Å². The number of carbonyl (C=O) groups excluding carboxylic acids is 1. The number of piperidine rings is 1. The quantitative estimate of drug-likeness (QED) is 0.357. The zero-order valence-electron chi connectivity index (χ0n) is 16.2. The second-order valence-corrected chi connectivity index (χ2v) is 7.88. The number of anilines is 1. The fraction of sp³-hybridized carbons (Fsp3) is 0.474. The number of rotatable bonds is 6. The molecule has 0 radical (unpaired) electrons. The fourth-order valence-corrected chi connectivity index (χ4v) is 3.62. The van der Waals surface area contributed by atoms with E-state index in [0.29, 0.717) is 5.39 Å². The zero-order chi connectivity index (χ0) is 21.8. The number of nitro groups is 1. The Labute approximate surface area is 179 Å². The second kappa shape index (κ2) is 9.50. The largest absolute Gasteiger partial charge is 0.449 e. The molecule has 1 aliphatic heterocycles. The van der Waals surface area contributed by atoms with Crippen LogP contribution in [-0.2, 0) is 4.74 Å². The van der Waals surface area contributed by atoms with Gasteiger partial charge in [0.05, 0.1) is 34.1 Å². The number of ether oxygens (including phenoxy) is 1. The van der Waals surface area contributed by atoms with Crippen LogP contribution in [0.2, 0.25) is 0 Å². The molecule has 8 nitrogen and oxygen atoms in total. The molecule has 1 aromatic carbocycles. The van der Waals surface area contributed by atoms with Crippen LogP contribution in [0.25, 0.3) is 10.9 Å². The fourth-order valence-electron chi connectivity index (χ4n) is 3.28. The van der Waals surface area contributed by atoms with Gasteiger partial charge in [-0.2, -0.15) is 0 Å². The Bertz CT molecular complexity index is 962. The number of unbranched alkanes of at least 4 members (excludes halogenated alkanes) is 1. The topological polar surface area (TPSA) is 97.6 Å². The Hall–Kier alpha value is -2.56. The molecule has 2 unspecified atom stereocenters. The molecule has 0 spiro atoms. The Kier molecular flexibility index (Phi) is 7.01. The molecule has 2 atom stereocenters. The number of pyridine rings is 1. The van der Waals surface area contributed by atoms with E-state index in [0.717, 1.165) is 25.1 Å². The number of carbonyl (C=O) groups is 1. The standard InChI is InChI=1S/C19H21BrF2N4O4/c1-2-3-6-30-19(27)25-5-4-15(14(22)10-25)24-18-11-7-12(20)13(21)8-16(11)23-9-17(18)26(28)29/h7-9,14-15H,2-6,10H2,1H3,(H,23,24). The first-order valence-corrected chi connectivity index (χ1v) is 10.4. The number of aromatic nitrogens is 1. The van der Waals surface area contributed by atoms with E-state index in [1.165, 1.54) is 11.0 Å².